The van der Waals surface area contributed by atoms with Crippen LogP contribution in [0.1, 0.15) is 74.3 Å². The van der Waals surface area contributed by atoms with Gasteiger partial charge in [0.25, 0.3) is 0 Å². The summed E-state index contributed by atoms with van der Waals surface area (Å²) >= 11 is 1.59. The van der Waals surface area contributed by atoms with E-state index in [2.05, 4.69) is 24.0 Å². The number of piperidine rings is 1. The predicted molar refractivity (Wildman–Crippen MR) is 93.6 cm³/mol. The number of fused-ring (bicyclic) bond motifs is 1. The summed E-state index contributed by atoms with van der Waals surface area (Å²) in [6, 6.07) is 0. The lowest BCUT2D eigenvalue weighted by Crippen LogP contribution is -2.35. The number of hydrogen-bond donors (Lipinski definition) is 0. The Morgan fingerprint density at radius 1 is 0.917 bits per heavy atom. The minimum Gasteiger partial charge on any atom is -0.346 e. The highest BCUT2D eigenvalue weighted by molar-refractivity contribution is 7.09. The second kappa shape index (κ2) is 6.10. The van der Waals surface area contributed by atoms with Crippen LogP contribution < -0.4 is 4.90 Å². The van der Waals surface area contributed by atoms with E-state index < -0.39 is 0 Å². The van der Waals surface area contributed by atoms with E-state index in [0.717, 1.165) is 37.0 Å². The second-order valence-corrected chi connectivity index (χ2v) is 8.16. The third-order valence-electron chi connectivity index (χ3n) is 5.85. The maximum absolute atomic E-state index is 4.89. The average molecular weight is 344 g/mol. The van der Waals surface area contributed by atoms with E-state index in [1.165, 1.54) is 56.6 Å². The van der Waals surface area contributed by atoms with Gasteiger partial charge in [-0.25, -0.2) is 4.98 Å². The molecule has 7 heteroatoms. The standard InChI is InChI=1S/C17H24N6S/c1-2-6-12(5-1)15-18-17(24-21-15)22-9-3-7-13(11-22)16-20-19-14-8-4-10-23(14)16/h12-13H,1-11H2. The van der Waals surface area contributed by atoms with Crippen molar-refractivity contribution < 1.29 is 0 Å². The molecule has 2 aromatic heterocycles. The van der Waals surface area contributed by atoms with Crippen molar-refractivity contribution in [1.82, 2.24) is 24.1 Å². The topological polar surface area (TPSA) is 59.7 Å². The van der Waals surface area contributed by atoms with Crippen molar-refractivity contribution in [2.45, 2.75) is 69.7 Å². The fraction of sp³-hybridized carbons (Fsp3) is 0.765. The van der Waals surface area contributed by atoms with Crippen LogP contribution in [0, 0.1) is 0 Å². The molecule has 0 radical (unpaired) electrons. The molecule has 0 amide bonds. The van der Waals surface area contributed by atoms with Gasteiger partial charge in [-0.3, -0.25) is 0 Å². The summed E-state index contributed by atoms with van der Waals surface area (Å²) in [6.07, 6.45) is 9.93. The summed E-state index contributed by atoms with van der Waals surface area (Å²) in [6.45, 7) is 3.20. The molecule has 0 spiro atoms. The molecule has 6 nitrogen and oxygen atoms in total. The third kappa shape index (κ3) is 2.53. The highest BCUT2D eigenvalue weighted by Gasteiger charge is 2.30. The van der Waals surface area contributed by atoms with Gasteiger partial charge in [0.1, 0.15) is 17.5 Å². The summed E-state index contributed by atoms with van der Waals surface area (Å²) < 4.78 is 7.03. The van der Waals surface area contributed by atoms with E-state index in [-0.39, 0.29) is 0 Å². The molecule has 128 valence electrons. The van der Waals surface area contributed by atoms with Gasteiger partial charge in [0.05, 0.1) is 0 Å². The number of anilines is 1. The minimum atomic E-state index is 0.483. The molecule has 1 saturated heterocycles. The number of hydrogen-bond acceptors (Lipinski definition) is 6. The molecule has 0 N–H and O–H groups in total. The molecular weight excluding hydrogens is 320 g/mol. The molecule has 2 aliphatic heterocycles. The molecule has 2 fully saturated rings. The number of aromatic nitrogens is 5. The van der Waals surface area contributed by atoms with E-state index in [0.29, 0.717) is 11.8 Å². The fourth-order valence-electron chi connectivity index (χ4n) is 4.54. The van der Waals surface area contributed by atoms with Gasteiger partial charge in [0, 0.05) is 49.4 Å². The highest BCUT2D eigenvalue weighted by atomic mass is 32.1. The van der Waals surface area contributed by atoms with Crippen molar-refractivity contribution in [3.05, 3.63) is 17.5 Å². The zero-order valence-electron chi connectivity index (χ0n) is 14.0. The largest absolute Gasteiger partial charge is 0.346 e. The summed E-state index contributed by atoms with van der Waals surface area (Å²) in [5, 5.41) is 10.0. The number of rotatable bonds is 3. The normalized spacial score (nSPS) is 24.7. The Morgan fingerprint density at radius 2 is 1.79 bits per heavy atom. The van der Waals surface area contributed by atoms with E-state index in [1.807, 2.05) is 0 Å². The second-order valence-electron chi connectivity index (χ2n) is 7.43. The molecule has 24 heavy (non-hydrogen) atoms. The highest BCUT2D eigenvalue weighted by Crippen LogP contribution is 2.36. The van der Waals surface area contributed by atoms with Gasteiger partial charge in [-0.2, -0.15) is 4.37 Å². The zero-order chi connectivity index (χ0) is 15.9. The Labute approximate surface area is 146 Å². The molecule has 1 aliphatic carbocycles. The first-order valence-corrected chi connectivity index (χ1v) is 10.2. The Kier molecular flexibility index (Phi) is 3.76. The summed E-state index contributed by atoms with van der Waals surface area (Å²) in [7, 11) is 0. The first kappa shape index (κ1) is 14.8. The molecule has 1 unspecified atom stereocenters. The summed E-state index contributed by atoms with van der Waals surface area (Å²) in [4.78, 5) is 7.33. The fourth-order valence-corrected chi connectivity index (χ4v) is 5.32. The average Bonchev–Trinajstić information content (AvgIpc) is 3.38. The molecule has 4 heterocycles. The van der Waals surface area contributed by atoms with E-state index in [1.54, 1.807) is 11.5 Å². The van der Waals surface area contributed by atoms with Crippen LogP contribution in [0.4, 0.5) is 5.13 Å². The van der Waals surface area contributed by atoms with Gasteiger partial charge in [-0.1, -0.05) is 12.8 Å². The molecule has 3 aliphatic rings. The van der Waals surface area contributed by atoms with Gasteiger partial charge in [-0.05, 0) is 32.1 Å². The molecule has 2 aromatic rings. The molecule has 1 saturated carbocycles. The van der Waals surface area contributed by atoms with Crippen LogP contribution in [-0.2, 0) is 13.0 Å². The van der Waals surface area contributed by atoms with Crippen molar-refractivity contribution in [2.75, 3.05) is 18.0 Å². The van der Waals surface area contributed by atoms with Gasteiger partial charge in [0.2, 0.25) is 5.13 Å². The van der Waals surface area contributed by atoms with Crippen molar-refractivity contribution in [3.8, 4) is 0 Å². The van der Waals surface area contributed by atoms with E-state index in [4.69, 9.17) is 4.98 Å². The van der Waals surface area contributed by atoms with E-state index in [9.17, 15) is 0 Å². The maximum Gasteiger partial charge on any atom is 0.205 e. The monoisotopic (exact) mass is 344 g/mol. The van der Waals surface area contributed by atoms with Crippen LogP contribution in [0.5, 0.6) is 0 Å². The van der Waals surface area contributed by atoms with Crippen LogP contribution in [0.3, 0.4) is 0 Å². The smallest absolute Gasteiger partial charge is 0.205 e. The molecule has 0 bridgehead atoms. The number of nitrogens with zero attached hydrogens (tertiary/aromatic N) is 6. The minimum absolute atomic E-state index is 0.483. The van der Waals surface area contributed by atoms with Crippen LogP contribution in [0.15, 0.2) is 0 Å². The van der Waals surface area contributed by atoms with Gasteiger partial charge in [0.15, 0.2) is 0 Å². The predicted octanol–water partition coefficient (Wildman–Crippen LogP) is 3.12. The van der Waals surface area contributed by atoms with Crippen molar-refractivity contribution >= 4 is 16.7 Å². The van der Waals surface area contributed by atoms with Crippen molar-refractivity contribution in [3.63, 3.8) is 0 Å². The summed E-state index contributed by atoms with van der Waals surface area (Å²) in [5.41, 5.74) is 0. The molecular formula is C17H24N6S. The Morgan fingerprint density at radius 3 is 2.71 bits per heavy atom. The summed E-state index contributed by atoms with van der Waals surface area (Å²) in [5.74, 6) is 4.57. The van der Waals surface area contributed by atoms with E-state index >= 15 is 0 Å². The van der Waals surface area contributed by atoms with Crippen molar-refractivity contribution in [2.24, 2.45) is 0 Å². The quantitative estimate of drug-likeness (QED) is 0.856. The lowest BCUT2D eigenvalue weighted by molar-refractivity contribution is 0.472. The SMILES string of the molecule is C1CCC(c2nsc(N3CCCC(c4nnc5n4CCC5)C3)n2)C1. The van der Waals surface area contributed by atoms with Gasteiger partial charge in [-0.15, -0.1) is 10.2 Å². The number of aryl methyl sites for hydroxylation is 1. The maximum atomic E-state index is 4.89. The molecule has 0 aromatic carbocycles. The van der Waals surface area contributed by atoms with Gasteiger partial charge < -0.3 is 9.47 Å². The third-order valence-corrected chi connectivity index (χ3v) is 6.64. The Balaban J connectivity index is 1.34. The Hall–Kier alpha value is -1.50. The zero-order valence-corrected chi connectivity index (χ0v) is 14.8. The van der Waals surface area contributed by atoms with Crippen molar-refractivity contribution in [1.29, 1.82) is 0 Å². The van der Waals surface area contributed by atoms with Crippen LogP contribution in [0.2, 0.25) is 0 Å². The first-order chi connectivity index (χ1) is 11.9. The first-order valence-electron chi connectivity index (χ1n) is 9.39. The lowest BCUT2D eigenvalue weighted by Gasteiger charge is -2.31. The van der Waals surface area contributed by atoms with Crippen LogP contribution in [-0.4, -0.2) is 37.2 Å². The van der Waals surface area contributed by atoms with Crippen LogP contribution >= 0.6 is 11.5 Å². The van der Waals surface area contributed by atoms with Crippen LogP contribution in [0.25, 0.3) is 0 Å². The lowest BCUT2D eigenvalue weighted by atomic mass is 9.97. The molecule has 5 rings (SSSR count). The van der Waals surface area contributed by atoms with Gasteiger partial charge >= 0.3 is 0 Å². The Bertz CT molecular complexity index is 716. The molecule has 1 atom stereocenters.